The van der Waals surface area contributed by atoms with E-state index in [9.17, 15) is 22.8 Å². The first-order valence-corrected chi connectivity index (χ1v) is 17.8. The number of hydrogen-bond donors (Lipinski definition) is 3. The molecule has 0 aromatic heterocycles. The Kier molecular flexibility index (Phi) is 11.2. The van der Waals surface area contributed by atoms with Crippen molar-refractivity contribution in [2.75, 3.05) is 12.9 Å². The Morgan fingerprint density at radius 1 is 1.02 bits per heavy atom. The maximum absolute atomic E-state index is 14.3. The molecule has 0 saturated heterocycles. The van der Waals surface area contributed by atoms with E-state index in [1.165, 1.54) is 0 Å². The summed E-state index contributed by atoms with van der Waals surface area (Å²) in [5.74, 6) is -1.99. The van der Waals surface area contributed by atoms with Crippen molar-refractivity contribution in [2.45, 2.75) is 69.2 Å². The third-order valence-corrected chi connectivity index (χ3v) is 9.42. The smallest absolute Gasteiger partial charge is 0.303 e. The van der Waals surface area contributed by atoms with E-state index in [1.807, 2.05) is 0 Å². The van der Waals surface area contributed by atoms with Gasteiger partial charge in [0.05, 0.1) is 31.4 Å². The highest BCUT2D eigenvalue weighted by Crippen LogP contribution is 2.46. The molecule has 4 atom stereocenters. The first-order chi connectivity index (χ1) is 22.5. The van der Waals surface area contributed by atoms with E-state index in [2.05, 4.69) is 10.2 Å². The molecular formula is C34H38ClN3O8S. The van der Waals surface area contributed by atoms with Crippen LogP contribution in [0.4, 0.5) is 0 Å². The van der Waals surface area contributed by atoms with Crippen LogP contribution in [0.2, 0.25) is 5.02 Å². The first kappa shape index (κ1) is 34.4. The number of nitrogens with zero attached hydrogens (tertiary/aromatic N) is 1. The van der Waals surface area contributed by atoms with Crippen LogP contribution in [0.3, 0.4) is 0 Å². The zero-order valence-electron chi connectivity index (χ0n) is 25.9. The van der Waals surface area contributed by atoms with Gasteiger partial charge in [-0.25, -0.2) is 18.6 Å². The zero-order chi connectivity index (χ0) is 33.6. The number of nitrogens with one attached hydrogen (secondary N) is 2. The minimum Gasteiger partial charge on any atom is -0.494 e. The molecule has 2 amide bonds. The van der Waals surface area contributed by atoms with Crippen LogP contribution in [0.5, 0.6) is 5.75 Å². The number of hydroxylamine groups is 1. The number of carboxylic acids is 1. The van der Waals surface area contributed by atoms with Gasteiger partial charge in [0.15, 0.2) is 0 Å². The Morgan fingerprint density at radius 2 is 1.77 bits per heavy atom. The largest absolute Gasteiger partial charge is 0.494 e. The van der Waals surface area contributed by atoms with Crippen molar-refractivity contribution in [3.05, 3.63) is 100 Å². The van der Waals surface area contributed by atoms with Crippen molar-refractivity contribution in [3.8, 4) is 5.75 Å². The minimum atomic E-state index is -3.58. The van der Waals surface area contributed by atoms with Crippen molar-refractivity contribution in [1.29, 1.82) is 0 Å². The maximum Gasteiger partial charge on any atom is 0.303 e. The summed E-state index contributed by atoms with van der Waals surface area (Å²) in [7, 11) is -3.58. The fraction of sp³-hybridized carbons (Fsp3) is 0.382. The average molecular weight is 684 g/mol. The fourth-order valence-electron chi connectivity index (χ4n) is 6.46. The number of amides is 2. The van der Waals surface area contributed by atoms with Crippen LogP contribution in [0.25, 0.3) is 0 Å². The number of carboxylic acid groups (broad SMARTS) is 1. The number of aliphatic carboxylic acids is 1. The lowest BCUT2D eigenvalue weighted by molar-refractivity contribution is -0.138. The number of benzene rings is 3. The highest BCUT2D eigenvalue weighted by molar-refractivity contribution is 7.88. The number of halogens is 1. The van der Waals surface area contributed by atoms with Crippen molar-refractivity contribution >= 4 is 39.4 Å². The Balaban J connectivity index is 1.43. The lowest BCUT2D eigenvalue weighted by Gasteiger charge is -2.49. The van der Waals surface area contributed by atoms with Crippen LogP contribution >= 0.6 is 11.6 Å². The molecule has 0 unspecified atom stereocenters. The van der Waals surface area contributed by atoms with Gasteiger partial charge in [-0.15, -0.1) is 0 Å². The summed E-state index contributed by atoms with van der Waals surface area (Å²) in [6.45, 7) is 0.265. The summed E-state index contributed by atoms with van der Waals surface area (Å²) < 4.78 is 33.2. The number of sulfonamides is 1. The standard InChI is InChI=1S/C34H38ClN3O8S/c1-47(43,44)37-28-12-4-5-13-29(28)38-32(23-15-17-24(35)18-16-23)31(26-10-2-3-11-27(26)34(38)42)33(41)36-46-21-22-8-6-9-25(20-22)45-19-7-14-30(39)40/h2-3,6,8-11,15-18,20,28-29,31-32,37H,4-5,7,12-14,19,21H2,1H3,(H,36,41)(H,39,40)/t28-,29-,31+,32-/m0/s1. The molecule has 2 aliphatic rings. The molecule has 250 valence electrons. The molecule has 0 bridgehead atoms. The van der Waals surface area contributed by atoms with Crippen LogP contribution in [0.1, 0.15) is 77.5 Å². The molecule has 1 aliphatic heterocycles. The van der Waals surface area contributed by atoms with Crippen LogP contribution in [-0.4, -0.2) is 61.2 Å². The molecule has 3 aromatic carbocycles. The normalized spacial score (nSPS) is 21.1. The topological polar surface area (TPSA) is 151 Å². The second kappa shape index (κ2) is 15.3. The monoisotopic (exact) mass is 683 g/mol. The quantitative estimate of drug-likeness (QED) is 0.169. The number of fused-ring (bicyclic) bond motifs is 1. The lowest BCUT2D eigenvalue weighted by Crippen LogP contribution is -2.59. The van der Waals surface area contributed by atoms with Crippen LogP contribution in [0, 0.1) is 0 Å². The summed E-state index contributed by atoms with van der Waals surface area (Å²) in [5, 5.41) is 9.32. The van der Waals surface area contributed by atoms with Gasteiger partial charge in [0.2, 0.25) is 10.0 Å². The Labute approximate surface area is 279 Å². The Morgan fingerprint density at radius 3 is 2.51 bits per heavy atom. The number of carbonyl (C=O) groups excluding carboxylic acids is 2. The highest BCUT2D eigenvalue weighted by Gasteiger charge is 2.49. The molecule has 0 spiro atoms. The van der Waals surface area contributed by atoms with Gasteiger partial charge in [-0.3, -0.25) is 19.2 Å². The molecule has 13 heteroatoms. The number of hydrogen-bond acceptors (Lipinski definition) is 7. The predicted molar refractivity (Wildman–Crippen MR) is 175 cm³/mol. The summed E-state index contributed by atoms with van der Waals surface area (Å²) >= 11 is 6.24. The highest BCUT2D eigenvalue weighted by atomic mass is 35.5. The number of ether oxygens (including phenoxy) is 1. The molecule has 1 heterocycles. The molecule has 1 saturated carbocycles. The van der Waals surface area contributed by atoms with Crippen molar-refractivity contribution in [2.24, 2.45) is 0 Å². The molecule has 11 nitrogen and oxygen atoms in total. The van der Waals surface area contributed by atoms with Gasteiger partial charge in [0.1, 0.15) is 5.75 Å². The van der Waals surface area contributed by atoms with E-state index in [0.717, 1.165) is 19.1 Å². The molecule has 3 aromatic rings. The minimum absolute atomic E-state index is 0.00872. The SMILES string of the molecule is CS(=O)(=O)N[C@H]1CCCC[C@@H]1N1C(=O)c2ccccc2[C@@H](C(=O)NOCc2cccc(OCCCC(=O)O)c2)[C@@H]1c1ccc(Cl)cc1. The van der Waals surface area contributed by atoms with Gasteiger partial charge >= 0.3 is 5.97 Å². The van der Waals surface area contributed by atoms with Gasteiger partial charge in [-0.05, 0) is 66.3 Å². The third kappa shape index (κ3) is 8.69. The fourth-order valence-corrected chi connectivity index (χ4v) is 7.41. The van der Waals surface area contributed by atoms with Gasteiger partial charge in [-0.1, -0.05) is 66.9 Å². The molecule has 1 fully saturated rings. The summed E-state index contributed by atoms with van der Waals surface area (Å²) in [5.41, 5.74) is 4.90. The van der Waals surface area contributed by atoms with E-state index in [0.29, 0.717) is 52.3 Å². The Bertz CT molecular complexity index is 1700. The van der Waals surface area contributed by atoms with Gasteiger partial charge < -0.3 is 14.7 Å². The third-order valence-electron chi connectivity index (χ3n) is 8.44. The predicted octanol–water partition coefficient (Wildman–Crippen LogP) is 4.97. The van der Waals surface area contributed by atoms with E-state index >= 15 is 0 Å². The van der Waals surface area contributed by atoms with Crippen molar-refractivity contribution in [1.82, 2.24) is 15.1 Å². The average Bonchev–Trinajstić information content (AvgIpc) is 3.03. The second-order valence-electron chi connectivity index (χ2n) is 11.9. The summed E-state index contributed by atoms with van der Waals surface area (Å²) in [6.07, 6.45) is 4.21. The van der Waals surface area contributed by atoms with E-state index in [-0.39, 0.29) is 25.5 Å². The first-order valence-electron chi connectivity index (χ1n) is 15.5. The van der Waals surface area contributed by atoms with Crippen LogP contribution < -0.4 is 14.9 Å². The second-order valence-corrected chi connectivity index (χ2v) is 14.1. The van der Waals surface area contributed by atoms with E-state index < -0.39 is 45.9 Å². The molecule has 3 N–H and O–H groups in total. The van der Waals surface area contributed by atoms with Gasteiger partial charge in [-0.2, -0.15) is 0 Å². The van der Waals surface area contributed by atoms with Gasteiger partial charge in [0, 0.05) is 29.1 Å². The number of carbonyl (C=O) groups is 3. The summed E-state index contributed by atoms with van der Waals surface area (Å²) in [6, 6.07) is 19.2. The molecule has 47 heavy (non-hydrogen) atoms. The number of rotatable bonds is 13. The van der Waals surface area contributed by atoms with Crippen molar-refractivity contribution in [3.63, 3.8) is 0 Å². The maximum atomic E-state index is 14.3. The lowest BCUT2D eigenvalue weighted by atomic mass is 9.76. The summed E-state index contributed by atoms with van der Waals surface area (Å²) in [4.78, 5) is 46.6. The Hall–Kier alpha value is -3.97. The van der Waals surface area contributed by atoms with E-state index in [4.69, 9.17) is 26.3 Å². The molecular weight excluding hydrogens is 646 g/mol. The zero-order valence-corrected chi connectivity index (χ0v) is 27.5. The van der Waals surface area contributed by atoms with Crippen LogP contribution in [-0.2, 0) is 31.1 Å². The van der Waals surface area contributed by atoms with Gasteiger partial charge in [0.25, 0.3) is 11.8 Å². The molecule has 0 radical (unpaired) electrons. The van der Waals surface area contributed by atoms with Crippen LogP contribution in [0.15, 0.2) is 72.8 Å². The van der Waals surface area contributed by atoms with E-state index in [1.54, 1.807) is 77.7 Å². The molecule has 1 aliphatic carbocycles. The molecule has 5 rings (SSSR count). The van der Waals surface area contributed by atoms with Crippen molar-refractivity contribution < 1.29 is 37.5 Å².